The third-order valence-corrected chi connectivity index (χ3v) is 6.82. The van der Waals surface area contributed by atoms with Crippen molar-refractivity contribution in [2.75, 3.05) is 0 Å². The summed E-state index contributed by atoms with van der Waals surface area (Å²) in [6, 6.07) is 17.4. The Kier molecular flexibility index (Phi) is 8.49. The van der Waals surface area contributed by atoms with E-state index in [1.165, 1.54) is 6.07 Å². The highest BCUT2D eigenvalue weighted by molar-refractivity contribution is 6.36. The summed E-state index contributed by atoms with van der Waals surface area (Å²) in [5.74, 6) is -1.72. The first-order valence-corrected chi connectivity index (χ1v) is 13.0. The van der Waals surface area contributed by atoms with E-state index in [4.69, 9.17) is 27.6 Å². The second kappa shape index (κ2) is 11.8. The van der Waals surface area contributed by atoms with Crippen molar-refractivity contribution in [1.82, 2.24) is 15.6 Å². The summed E-state index contributed by atoms with van der Waals surface area (Å²) >= 11 is 12.8. The van der Waals surface area contributed by atoms with Crippen molar-refractivity contribution < 1.29 is 18.8 Å². The van der Waals surface area contributed by atoms with Gasteiger partial charge in [-0.15, -0.1) is 0 Å². The van der Waals surface area contributed by atoms with Crippen molar-refractivity contribution in [1.29, 1.82) is 0 Å². The van der Waals surface area contributed by atoms with Crippen molar-refractivity contribution in [3.8, 4) is 11.1 Å². The molecule has 1 aromatic heterocycles. The van der Waals surface area contributed by atoms with Crippen LogP contribution in [0.3, 0.4) is 0 Å². The van der Waals surface area contributed by atoms with E-state index in [1.807, 2.05) is 32.0 Å². The Morgan fingerprint density at radius 3 is 2.24 bits per heavy atom. The number of aromatic nitrogens is 1. The molecule has 0 aliphatic heterocycles. The molecule has 7 nitrogen and oxygen atoms in total. The highest BCUT2D eigenvalue weighted by Crippen LogP contribution is 2.33. The number of ketones is 1. The Morgan fingerprint density at radius 2 is 1.58 bits per heavy atom. The lowest BCUT2D eigenvalue weighted by Crippen LogP contribution is -2.53. The Bertz CT molecular complexity index is 1470. The molecule has 2 N–H and O–H groups in total. The molecule has 9 heteroatoms. The molecule has 0 bridgehead atoms. The fourth-order valence-electron chi connectivity index (χ4n) is 4.06. The van der Waals surface area contributed by atoms with Gasteiger partial charge in [0.2, 0.25) is 11.7 Å². The molecule has 0 saturated carbocycles. The molecule has 0 spiro atoms. The van der Waals surface area contributed by atoms with Crippen LogP contribution in [0.2, 0.25) is 10.0 Å². The first-order valence-electron chi connectivity index (χ1n) is 12.2. The minimum Gasteiger partial charge on any atom is -0.434 e. The van der Waals surface area contributed by atoms with Crippen LogP contribution in [-0.4, -0.2) is 34.7 Å². The molecule has 0 fully saturated rings. The quantitative estimate of drug-likeness (QED) is 0.236. The number of nitrogens with one attached hydrogen (secondary N) is 2. The van der Waals surface area contributed by atoms with Crippen molar-refractivity contribution in [2.24, 2.45) is 5.92 Å². The van der Waals surface area contributed by atoms with Gasteiger partial charge in [0, 0.05) is 26.7 Å². The molecule has 1 heterocycles. The van der Waals surface area contributed by atoms with Gasteiger partial charge in [-0.1, -0.05) is 80.4 Å². The van der Waals surface area contributed by atoms with Crippen LogP contribution >= 0.6 is 23.2 Å². The number of rotatable bonds is 9. The Morgan fingerprint density at radius 1 is 0.895 bits per heavy atom. The van der Waals surface area contributed by atoms with Gasteiger partial charge in [0.15, 0.2) is 5.58 Å². The lowest BCUT2D eigenvalue weighted by atomic mass is 10.0. The molecule has 38 heavy (non-hydrogen) atoms. The third-order valence-electron chi connectivity index (χ3n) is 6.18. The number of hydrogen-bond acceptors (Lipinski definition) is 5. The molecule has 196 valence electrons. The maximum absolute atomic E-state index is 13.2. The van der Waals surface area contributed by atoms with Gasteiger partial charge in [-0.3, -0.25) is 14.4 Å². The standard InChI is InChI=1S/C29H27Cl2N3O4/c1-4-22(26(35)29-33-23-11-7-8-12-24(23)38-29)32-28(37)25(16(2)3)34-27(36)17-13-14-19(21(31)15-17)18-9-5-6-10-20(18)30/h5-16,22,25H,4H2,1-3H3,(H,32,37)(H,34,36)/t22-,25-/m0/s1. The third kappa shape index (κ3) is 5.90. The smallest absolute Gasteiger partial charge is 0.266 e. The normalized spacial score (nSPS) is 12.8. The number of oxazole rings is 1. The van der Waals surface area contributed by atoms with E-state index in [2.05, 4.69) is 15.6 Å². The van der Waals surface area contributed by atoms with E-state index in [1.54, 1.807) is 49.4 Å². The van der Waals surface area contributed by atoms with E-state index in [0.717, 1.165) is 5.56 Å². The van der Waals surface area contributed by atoms with Gasteiger partial charge >= 0.3 is 0 Å². The van der Waals surface area contributed by atoms with Gasteiger partial charge in [0.1, 0.15) is 11.6 Å². The van der Waals surface area contributed by atoms with Crippen LogP contribution in [0, 0.1) is 5.92 Å². The summed E-state index contributed by atoms with van der Waals surface area (Å²) in [7, 11) is 0. The van der Waals surface area contributed by atoms with E-state index in [0.29, 0.717) is 38.7 Å². The van der Waals surface area contributed by atoms with Crippen LogP contribution < -0.4 is 10.6 Å². The first kappa shape index (κ1) is 27.4. The van der Waals surface area contributed by atoms with E-state index in [-0.39, 0.29) is 11.8 Å². The van der Waals surface area contributed by atoms with E-state index >= 15 is 0 Å². The molecule has 0 aliphatic carbocycles. The second-order valence-corrected chi connectivity index (χ2v) is 10.0. The Hall–Kier alpha value is -3.68. The lowest BCUT2D eigenvalue weighted by Gasteiger charge is -2.24. The number of para-hydroxylation sites is 2. The van der Waals surface area contributed by atoms with Crippen molar-refractivity contribution in [2.45, 2.75) is 39.3 Å². The number of amides is 2. The SMILES string of the molecule is CC[C@H](NC(=O)[C@@H](NC(=O)c1ccc(-c2ccccc2Cl)c(Cl)c1)C(C)C)C(=O)c1nc2ccccc2o1. The summed E-state index contributed by atoms with van der Waals surface area (Å²) in [6.07, 6.45) is 0.321. The number of hydrogen-bond donors (Lipinski definition) is 2. The van der Waals surface area contributed by atoms with Gasteiger partial charge in [-0.25, -0.2) is 4.98 Å². The fourth-order valence-corrected chi connectivity index (χ4v) is 4.57. The molecule has 3 aromatic carbocycles. The molecule has 2 amide bonds. The number of carbonyl (C=O) groups excluding carboxylic acids is 3. The summed E-state index contributed by atoms with van der Waals surface area (Å²) in [4.78, 5) is 43.6. The lowest BCUT2D eigenvalue weighted by molar-refractivity contribution is -0.124. The van der Waals surface area contributed by atoms with Crippen LogP contribution in [0.15, 0.2) is 71.1 Å². The topological polar surface area (TPSA) is 101 Å². The molecule has 0 saturated heterocycles. The molecule has 4 rings (SSSR count). The van der Waals surface area contributed by atoms with Gasteiger partial charge in [-0.2, -0.15) is 0 Å². The van der Waals surface area contributed by atoms with Gasteiger partial charge in [0.25, 0.3) is 11.8 Å². The highest BCUT2D eigenvalue weighted by atomic mass is 35.5. The maximum Gasteiger partial charge on any atom is 0.266 e. The second-order valence-electron chi connectivity index (χ2n) is 9.19. The van der Waals surface area contributed by atoms with E-state index in [9.17, 15) is 14.4 Å². The molecule has 2 atom stereocenters. The summed E-state index contributed by atoms with van der Waals surface area (Å²) < 4.78 is 5.58. The van der Waals surface area contributed by atoms with Crippen LogP contribution in [0.4, 0.5) is 0 Å². The monoisotopic (exact) mass is 551 g/mol. The highest BCUT2D eigenvalue weighted by Gasteiger charge is 2.30. The number of Topliss-reactive ketones (excluding diaryl/α,β-unsaturated/α-hetero) is 1. The first-order chi connectivity index (χ1) is 18.2. The minimum absolute atomic E-state index is 0.0725. The molecular weight excluding hydrogens is 525 g/mol. The molecule has 0 aliphatic rings. The van der Waals surface area contributed by atoms with Crippen LogP contribution in [0.5, 0.6) is 0 Å². The average molecular weight is 552 g/mol. The van der Waals surface area contributed by atoms with Crippen LogP contribution in [0.1, 0.15) is 48.2 Å². The summed E-state index contributed by atoms with van der Waals surface area (Å²) in [5.41, 5.74) is 2.78. The summed E-state index contributed by atoms with van der Waals surface area (Å²) in [5, 5.41) is 6.42. The zero-order valence-corrected chi connectivity index (χ0v) is 22.6. The number of benzene rings is 3. The van der Waals surface area contributed by atoms with Crippen molar-refractivity contribution >= 4 is 51.9 Å². The van der Waals surface area contributed by atoms with Crippen LogP contribution in [0.25, 0.3) is 22.2 Å². The van der Waals surface area contributed by atoms with E-state index < -0.39 is 29.7 Å². The number of halogens is 2. The molecule has 4 aromatic rings. The molecule has 0 unspecified atom stereocenters. The fraction of sp³-hybridized carbons (Fsp3) is 0.241. The van der Waals surface area contributed by atoms with Gasteiger partial charge in [0.05, 0.1) is 6.04 Å². The maximum atomic E-state index is 13.2. The zero-order chi connectivity index (χ0) is 27.4. The zero-order valence-electron chi connectivity index (χ0n) is 21.1. The van der Waals surface area contributed by atoms with Crippen molar-refractivity contribution in [3.05, 3.63) is 88.2 Å². The molecular formula is C29H27Cl2N3O4. The predicted molar refractivity (Wildman–Crippen MR) is 149 cm³/mol. The van der Waals surface area contributed by atoms with Crippen LogP contribution in [-0.2, 0) is 4.79 Å². The Labute approximate surface area is 230 Å². The largest absolute Gasteiger partial charge is 0.434 e. The average Bonchev–Trinajstić information content (AvgIpc) is 3.34. The van der Waals surface area contributed by atoms with Gasteiger partial charge < -0.3 is 15.1 Å². The number of nitrogens with zero attached hydrogens (tertiary/aromatic N) is 1. The Balaban J connectivity index is 1.48. The number of fused-ring (bicyclic) bond motifs is 1. The van der Waals surface area contributed by atoms with Gasteiger partial charge in [-0.05, 0) is 42.7 Å². The molecule has 0 radical (unpaired) electrons. The minimum atomic E-state index is -0.894. The van der Waals surface area contributed by atoms with Crippen molar-refractivity contribution in [3.63, 3.8) is 0 Å². The summed E-state index contributed by atoms with van der Waals surface area (Å²) in [6.45, 7) is 5.39. The predicted octanol–water partition coefficient (Wildman–Crippen LogP) is 6.33. The number of carbonyl (C=O) groups is 3.